The monoisotopic (exact) mass is 874 g/mol. The van der Waals surface area contributed by atoms with Gasteiger partial charge < -0.3 is 27.9 Å². The van der Waals surface area contributed by atoms with E-state index in [0.29, 0.717) is 12.8 Å². The summed E-state index contributed by atoms with van der Waals surface area (Å²) in [6.07, 6.45) is 44.1. The van der Waals surface area contributed by atoms with E-state index in [1.54, 1.807) is 0 Å². The topological polar surface area (TPSA) is 111 Å². The molecule has 0 saturated heterocycles. The van der Waals surface area contributed by atoms with Gasteiger partial charge in [-0.25, -0.2) is 0 Å². The van der Waals surface area contributed by atoms with Gasteiger partial charge in [0.25, 0.3) is 7.82 Å². The van der Waals surface area contributed by atoms with Crippen LogP contribution in [-0.4, -0.2) is 70.0 Å². The molecule has 0 aliphatic rings. The predicted octanol–water partition coefficient (Wildman–Crippen LogP) is 14.5. The maximum absolute atomic E-state index is 12.8. The van der Waals surface area contributed by atoms with Gasteiger partial charge in [0.05, 0.1) is 40.9 Å². The van der Waals surface area contributed by atoms with Crippen LogP contribution >= 0.6 is 7.82 Å². The fraction of sp³-hybridized carbons (Fsp3) is 0.960. The molecule has 358 valence electrons. The van der Waals surface area contributed by atoms with Crippen LogP contribution in [0.25, 0.3) is 0 Å². The molecule has 0 aromatic heterocycles. The Morgan fingerprint density at radius 2 is 0.783 bits per heavy atom. The van der Waals surface area contributed by atoms with Crippen LogP contribution < -0.4 is 4.89 Å². The van der Waals surface area contributed by atoms with E-state index in [-0.39, 0.29) is 32.0 Å². The first kappa shape index (κ1) is 59.0. The fourth-order valence-corrected chi connectivity index (χ4v) is 8.46. The Bertz CT molecular complexity index is 990. The first-order valence-corrected chi connectivity index (χ1v) is 27.2. The van der Waals surface area contributed by atoms with Gasteiger partial charge in [-0.2, -0.15) is 0 Å². The second kappa shape index (κ2) is 43.3. The second-order valence-electron chi connectivity index (χ2n) is 18.9. The number of rotatable bonds is 48. The highest BCUT2D eigenvalue weighted by Crippen LogP contribution is 2.38. The molecule has 0 radical (unpaired) electrons. The van der Waals surface area contributed by atoms with E-state index in [1.165, 1.54) is 180 Å². The summed E-state index contributed by atoms with van der Waals surface area (Å²) < 4.78 is 34.5. The maximum atomic E-state index is 12.8. The van der Waals surface area contributed by atoms with Gasteiger partial charge in [0.15, 0.2) is 6.10 Å². The Hall–Kier alpha value is -0.990. The molecule has 0 aromatic rings. The Morgan fingerprint density at radius 3 is 1.13 bits per heavy atom. The van der Waals surface area contributed by atoms with E-state index in [2.05, 4.69) is 35.0 Å². The summed E-state index contributed by atoms with van der Waals surface area (Å²) in [4.78, 5) is 37.8. The van der Waals surface area contributed by atoms with Gasteiger partial charge in [-0.3, -0.25) is 14.2 Å². The van der Waals surface area contributed by atoms with Gasteiger partial charge >= 0.3 is 11.9 Å². The molecular weight excluding hydrogens is 774 g/mol. The Kier molecular flexibility index (Phi) is 42.6. The van der Waals surface area contributed by atoms with Crippen LogP contribution in [0.4, 0.5) is 0 Å². The van der Waals surface area contributed by atoms with Crippen molar-refractivity contribution in [1.29, 1.82) is 0 Å². The molecule has 0 saturated carbocycles. The molecule has 2 unspecified atom stereocenters. The van der Waals surface area contributed by atoms with Crippen molar-refractivity contribution >= 4 is 19.8 Å². The highest BCUT2D eigenvalue weighted by molar-refractivity contribution is 7.45. The van der Waals surface area contributed by atoms with Crippen LogP contribution in [0.1, 0.15) is 258 Å². The molecule has 0 aliphatic heterocycles. The zero-order valence-corrected chi connectivity index (χ0v) is 41.3. The molecule has 10 heteroatoms. The second-order valence-corrected chi connectivity index (χ2v) is 20.3. The van der Waals surface area contributed by atoms with Crippen molar-refractivity contribution in [2.45, 2.75) is 264 Å². The summed E-state index contributed by atoms with van der Waals surface area (Å²) in [7, 11) is 1.64. The molecule has 60 heavy (non-hydrogen) atoms. The number of quaternary nitrogens is 1. The highest BCUT2D eigenvalue weighted by atomic mass is 31.2. The molecule has 0 rings (SSSR count). The zero-order valence-electron chi connectivity index (χ0n) is 40.4. The largest absolute Gasteiger partial charge is 0.756 e. The first-order valence-electron chi connectivity index (χ1n) is 25.7. The number of carbonyl (C=O) groups is 2. The highest BCUT2D eigenvalue weighted by Gasteiger charge is 2.21. The standard InChI is InChI=1S/C50H100NO8P/c1-6-8-10-12-14-16-18-20-22-24-26-28-30-32-34-36-38-42-49(52)56-46-48(47-58-60(54,55)57-45-41-40-44-51(3,4)5)59-50(53)43-39-37-35-33-31-29-27-25-23-21-19-17-15-13-11-9-7-2/h48H,6-47H2,1-5H3. The van der Waals surface area contributed by atoms with E-state index in [9.17, 15) is 19.0 Å². The van der Waals surface area contributed by atoms with Gasteiger partial charge in [0.1, 0.15) is 6.61 Å². The molecule has 0 fully saturated rings. The van der Waals surface area contributed by atoms with Gasteiger partial charge in [-0.05, 0) is 25.7 Å². The van der Waals surface area contributed by atoms with E-state index in [1.807, 2.05) is 0 Å². The minimum Gasteiger partial charge on any atom is -0.756 e. The van der Waals surface area contributed by atoms with Crippen LogP contribution in [0, 0.1) is 0 Å². The Labute approximate surface area is 372 Å². The third kappa shape index (κ3) is 46.5. The van der Waals surface area contributed by atoms with Crippen molar-refractivity contribution in [3.63, 3.8) is 0 Å². The molecule has 0 aliphatic carbocycles. The van der Waals surface area contributed by atoms with Gasteiger partial charge in [0, 0.05) is 12.8 Å². The van der Waals surface area contributed by atoms with Gasteiger partial charge in [0.2, 0.25) is 0 Å². The number of ether oxygens (including phenoxy) is 2. The smallest absolute Gasteiger partial charge is 0.306 e. The van der Waals surface area contributed by atoms with Crippen molar-refractivity contribution in [1.82, 2.24) is 0 Å². The Morgan fingerprint density at radius 1 is 0.450 bits per heavy atom. The van der Waals surface area contributed by atoms with Gasteiger partial charge in [-0.1, -0.05) is 219 Å². The van der Waals surface area contributed by atoms with Crippen LogP contribution in [-0.2, 0) is 32.7 Å². The normalized spacial score (nSPS) is 13.4. The molecular formula is C50H100NO8P. The van der Waals surface area contributed by atoms with Crippen LogP contribution in [0.15, 0.2) is 0 Å². The molecule has 0 aromatic carbocycles. The summed E-state index contributed by atoms with van der Waals surface area (Å²) in [5, 5.41) is 0. The molecule has 0 N–H and O–H groups in total. The molecule has 0 heterocycles. The molecule has 0 spiro atoms. The summed E-state index contributed by atoms with van der Waals surface area (Å²) in [6, 6.07) is 0. The lowest BCUT2D eigenvalue weighted by Gasteiger charge is -2.26. The lowest BCUT2D eigenvalue weighted by Crippen LogP contribution is -2.35. The average Bonchev–Trinajstić information content (AvgIpc) is 3.20. The number of carbonyl (C=O) groups excluding carboxylic acids is 2. The third-order valence-corrected chi connectivity index (χ3v) is 12.6. The van der Waals surface area contributed by atoms with Crippen molar-refractivity contribution < 1.29 is 42.1 Å². The summed E-state index contributed by atoms with van der Waals surface area (Å²) in [6.45, 7) is 4.77. The van der Waals surface area contributed by atoms with Crippen LogP contribution in [0.2, 0.25) is 0 Å². The Balaban J connectivity index is 4.30. The number of phosphoric acid groups is 1. The number of nitrogens with zero attached hydrogens (tertiary/aromatic N) is 1. The zero-order chi connectivity index (χ0) is 44.3. The lowest BCUT2D eigenvalue weighted by atomic mass is 10.0. The van der Waals surface area contributed by atoms with E-state index in [0.717, 1.165) is 49.6 Å². The molecule has 9 nitrogen and oxygen atoms in total. The number of esters is 2. The predicted molar refractivity (Wildman–Crippen MR) is 250 cm³/mol. The number of unbranched alkanes of at least 4 members (excludes halogenated alkanes) is 33. The maximum Gasteiger partial charge on any atom is 0.306 e. The van der Waals surface area contributed by atoms with E-state index in [4.69, 9.17) is 18.5 Å². The van der Waals surface area contributed by atoms with Crippen molar-refractivity contribution in [2.24, 2.45) is 0 Å². The average molecular weight is 874 g/mol. The van der Waals surface area contributed by atoms with Gasteiger partial charge in [-0.15, -0.1) is 0 Å². The molecule has 0 amide bonds. The fourth-order valence-electron chi connectivity index (χ4n) is 7.68. The van der Waals surface area contributed by atoms with Crippen LogP contribution in [0.3, 0.4) is 0 Å². The van der Waals surface area contributed by atoms with Crippen LogP contribution in [0.5, 0.6) is 0 Å². The number of hydrogen-bond acceptors (Lipinski definition) is 8. The van der Waals surface area contributed by atoms with Crippen molar-refractivity contribution in [2.75, 3.05) is 47.5 Å². The third-order valence-electron chi connectivity index (χ3n) is 11.6. The summed E-state index contributed by atoms with van der Waals surface area (Å²) >= 11 is 0. The SMILES string of the molecule is CCCCCCCCCCCCCCCCCCCC(=O)OCC(COP(=O)([O-])OCCCC[N+](C)(C)C)OC(=O)CCCCCCCCCCCCCCCCCCC. The van der Waals surface area contributed by atoms with Crippen molar-refractivity contribution in [3.05, 3.63) is 0 Å². The first-order chi connectivity index (χ1) is 29.0. The summed E-state index contributed by atoms with van der Waals surface area (Å²) in [5.41, 5.74) is 0. The van der Waals surface area contributed by atoms with Crippen molar-refractivity contribution in [3.8, 4) is 0 Å². The quantitative estimate of drug-likeness (QED) is 0.0257. The van der Waals surface area contributed by atoms with E-state index >= 15 is 0 Å². The summed E-state index contributed by atoms with van der Waals surface area (Å²) in [5.74, 6) is -0.806. The minimum absolute atomic E-state index is 0.0267. The number of phosphoric ester groups is 1. The lowest BCUT2D eigenvalue weighted by molar-refractivity contribution is -0.870. The molecule has 2 atom stereocenters. The number of hydrogen-bond donors (Lipinski definition) is 0. The molecule has 0 bridgehead atoms. The van der Waals surface area contributed by atoms with E-state index < -0.39 is 26.5 Å². The minimum atomic E-state index is -4.61.